The first kappa shape index (κ1) is 12.7. The van der Waals surface area contributed by atoms with Crippen LogP contribution in [0.3, 0.4) is 0 Å². The monoisotopic (exact) mass is 247 g/mol. The number of carboxylic acid groups (broad SMARTS) is 1. The molecule has 6 heteroatoms. The molecule has 1 unspecified atom stereocenters. The van der Waals surface area contributed by atoms with Gasteiger partial charge in [-0.1, -0.05) is 11.6 Å². The molecule has 16 heavy (non-hydrogen) atoms. The average Bonchev–Trinajstić information content (AvgIpc) is 2.17. The van der Waals surface area contributed by atoms with E-state index in [0.717, 1.165) is 6.07 Å². The summed E-state index contributed by atoms with van der Waals surface area (Å²) in [6.45, 7) is -0.128. The molecule has 0 aromatic heterocycles. The van der Waals surface area contributed by atoms with Crippen molar-refractivity contribution in [1.82, 2.24) is 0 Å². The Bertz CT molecular complexity index is 388. The first-order valence-electron chi connectivity index (χ1n) is 4.47. The zero-order valence-electron chi connectivity index (χ0n) is 8.54. The van der Waals surface area contributed by atoms with E-state index in [1.807, 2.05) is 0 Å². The van der Waals surface area contributed by atoms with Crippen molar-refractivity contribution in [3.63, 3.8) is 0 Å². The molecule has 0 heterocycles. The molecule has 1 aromatic rings. The number of rotatable bonds is 4. The number of carboxylic acids is 1. The maximum Gasteiger partial charge on any atom is 0.312 e. The third kappa shape index (κ3) is 2.43. The highest BCUT2D eigenvalue weighted by Crippen LogP contribution is 2.31. The van der Waals surface area contributed by atoms with Gasteiger partial charge in [-0.2, -0.15) is 0 Å². The first-order chi connectivity index (χ1) is 7.51. The predicted octanol–water partition coefficient (Wildman–Crippen LogP) is 1.61. The van der Waals surface area contributed by atoms with Crippen molar-refractivity contribution in [2.24, 2.45) is 5.73 Å². The summed E-state index contributed by atoms with van der Waals surface area (Å²) >= 11 is 5.74. The molecule has 1 aromatic carbocycles. The highest BCUT2D eigenvalue weighted by Gasteiger charge is 2.21. The number of hydrogen-bond donors (Lipinski definition) is 2. The van der Waals surface area contributed by atoms with Crippen LogP contribution >= 0.6 is 11.6 Å². The predicted molar refractivity (Wildman–Crippen MR) is 57.4 cm³/mol. The molecule has 0 aliphatic heterocycles. The Labute approximate surface area is 96.8 Å². The number of halogens is 2. The first-order valence-corrected chi connectivity index (χ1v) is 4.84. The maximum absolute atomic E-state index is 13.4. The standard InChI is InChI=1S/C10H11ClFNO3/c1-16-9-7(11)2-5(3-8(9)12)6(4-13)10(14)15/h2-3,6H,4,13H2,1H3,(H,14,15). The van der Waals surface area contributed by atoms with Gasteiger partial charge in [-0.3, -0.25) is 4.79 Å². The summed E-state index contributed by atoms with van der Waals surface area (Å²) < 4.78 is 18.1. The van der Waals surface area contributed by atoms with Crippen molar-refractivity contribution in [3.05, 3.63) is 28.5 Å². The molecular formula is C10H11ClFNO3. The SMILES string of the molecule is COc1c(F)cc(C(CN)C(=O)O)cc1Cl. The lowest BCUT2D eigenvalue weighted by Crippen LogP contribution is -2.21. The fourth-order valence-electron chi connectivity index (χ4n) is 1.36. The third-order valence-electron chi connectivity index (χ3n) is 2.16. The highest BCUT2D eigenvalue weighted by molar-refractivity contribution is 6.32. The van der Waals surface area contributed by atoms with E-state index in [-0.39, 0.29) is 22.9 Å². The Hall–Kier alpha value is -1.33. The largest absolute Gasteiger partial charge is 0.492 e. The normalized spacial score (nSPS) is 12.2. The second-order valence-corrected chi connectivity index (χ2v) is 3.55. The van der Waals surface area contributed by atoms with E-state index in [2.05, 4.69) is 0 Å². The van der Waals surface area contributed by atoms with Crippen molar-refractivity contribution in [2.75, 3.05) is 13.7 Å². The number of ether oxygens (including phenoxy) is 1. The topological polar surface area (TPSA) is 72.5 Å². The maximum atomic E-state index is 13.4. The van der Waals surface area contributed by atoms with E-state index in [9.17, 15) is 9.18 Å². The lowest BCUT2D eigenvalue weighted by atomic mass is 9.99. The smallest absolute Gasteiger partial charge is 0.312 e. The summed E-state index contributed by atoms with van der Waals surface area (Å²) in [6, 6.07) is 2.41. The molecule has 0 saturated heterocycles. The third-order valence-corrected chi connectivity index (χ3v) is 2.44. The highest BCUT2D eigenvalue weighted by atomic mass is 35.5. The molecule has 4 nitrogen and oxygen atoms in total. The molecule has 3 N–H and O–H groups in total. The van der Waals surface area contributed by atoms with Crippen molar-refractivity contribution in [3.8, 4) is 5.75 Å². The van der Waals surface area contributed by atoms with Crippen LogP contribution in [0, 0.1) is 5.82 Å². The average molecular weight is 248 g/mol. The number of nitrogens with two attached hydrogens (primary N) is 1. The van der Waals surface area contributed by atoms with E-state index in [0.29, 0.717) is 0 Å². The van der Waals surface area contributed by atoms with Crippen LogP contribution in [0.5, 0.6) is 5.75 Å². The quantitative estimate of drug-likeness (QED) is 0.848. The van der Waals surface area contributed by atoms with Crippen LogP contribution in [-0.4, -0.2) is 24.7 Å². The molecule has 0 aliphatic rings. The van der Waals surface area contributed by atoms with Crippen LogP contribution in [-0.2, 0) is 4.79 Å². The van der Waals surface area contributed by atoms with Gasteiger partial charge in [-0.05, 0) is 17.7 Å². The fraction of sp³-hybridized carbons (Fsp3) is 0.300. The summed E-state index contributed by atoms with van der Waals surface area (Å²) in [4.78, 5) is 10.8. The van der Waals surface area contributed by atoms with Gasteiger partial charge in [0.25, 0.3) is 0 Å². The van der Waals surface area contributed by atoms with Gasteiger partial charge in [0.05, 0.1) is 18.1 Å². The molecule has 0 bridgehead atoms. The minimum absolute atomic E-state index is 0.0252. The Balaban J connectivity index is 3.21. The van der Waals surface area contributed by atoms with Crippen molar-refractivity contribution in [2.45, 2.75) is 5.92 Å². The minimum Gasteiger partial charge on any atom is -0.492 e. The van der Waals surface area contributed by atoms with E-state index in [1.54, 1.807) is 0 Å². The lowest BCUT2D eigenvalue weighted by molar-refractivity contribution is -0.138. The molecule has 0 saturated carbocycles. The van der Waals surface area contributed by atoms with E-state index in [1.165, 1.54) is 13.2 Å². The summed E-state index contributed by atoms with van der Waals surface area (Å²) in [5.74, 6) is -2.91. The molecule has 0 spiro atoms. The molecule has 1 atom stereocenters. The number of aliphatic carboxylic acids is 1. The zero-order valence-corrected chi connectivity index (χ0v) is 9.29. The van der Waals surface area contributed by atoms with Crippen LogP contribution in [0.2, 0.25) is 5.02 Å². The number of benzene rings is 1. The van der Waals surface area contributed by atoms with Gasteiger partial charge in [-0.25, -0.2) is 4.39 Å². The van der Waals surface area contributed by atoms with Crippen LogP contribution in [0.15, 0.2) is 12.1 Å². The molecule has 0 radical (unpaired) electrons. The van der Waals surface area contributed by atoms with Crippen molar-refractivity contribution < 1.29 is 19.0 Å². The molecule has 0 fully saturated rings. The second kappa shape index (κ2) is 5.14. The van der Waals surface area contributed by atoms with Gasteiger partial charge in [0.15, 0.2) is 11.6 Å². The Morgan fingerprint density at radius 1 is 1.69 bits per heavy atom. The van der Waals surface area contributed by atoms with Gasteiger partial charge in [0, 0.05) is 6.54 Å². The molecule has 0 amide bonds. The Morgan fingerprint density at radius 2 is 2.31 bits per heavy atom. The van der Waals surface area contributed by atoms with Gasteiger partial charge in [0.1, 0.15) is 0 Å². The Kier molecular flexibility index (Phi) is 4.09. The zero-order chi connectivity index (χ0) is 12.3. The van der Waals surface area contributed by atoms with Crippen LogP contribution < -0.4 is 10.5 Å². The van der Waals surface area contributed by atoms with Gasteiger partial charge in [-0.15, -0.1) is 0 Å². The van der Waals surface area contributed by atoms with Crippen molar-refractivity contribution >= 4 is 17.6 Å². The van der Waals surface area contributed by atoms with Gasteiger partial charge < -0.3 is 15.6 Å². The summed E-state index contributed by atoms with van der Waals surface area (Å²) in [7, 11) is 1.28. The summed E-state index contributed by atoms with van der Waals surface area (Å²) in [6.07, 6.45) is 0. The van der Waals surface area contributed by atoms with Crippen LogP contribution in [0.25, 0.3) is 0 Å². The molecular weight excluding hydrogens is 237 g/mol. The summed E-state index contributed by atoms with van der Waals surface area (Å²) in [5, 5.41) is 8.88. The van der Waals surface area contributed by atoms with Crippen LogP contribution in [0.4, 0.5) is 4.39 Å². The number of methoxy groups -OCH3 is 1. The number of carbonyl (C=O) groups is 1. The fourth-order valence-corrected chi connectivity index (χ4v) is 1.65. The van der Waals surface area contributed by atoms with Crippen LogP contribution in [0.1, 0.15) is 11.5 Å². The number of hydrogen-bond acceptors (Lipinski definition) is 3. The van der Waals surface area contributed by atoms with E-state index in [4.69, 9.17) is 27.2 Å². The van der Waals surface area contributed by atoms with E-state index < -0.39 is 17.7 Å². The molecule has 88 valence electrons. The van der Waals surface area contributed by atoms with Crippen molar-refractivity contribution in [1.29, 1.82) is 0 Å². The van der Waals surface area contributed by atoms with Gasteiger partial charge in [0.2, 0.25) is 0 Å². The minimum atomic E-state index is -1.12. The Morgan fingerprint density at radius 3 is 2.69 bits per heavy atom. The van der Waals surface area contributed by atoms with E-state index >= 15 is 0 Å². The molecule has 0 aliphatic carbocycles. The van der Waals surface area contributed by atoms with Gasteiger partial charge >= 0.3 is 5.97 Å². The second-order valence-electron chi connectivity index (χ2n) is 3.14. The lowest BCUT2D eigenvalue weighted by Gasteiger charge is -2.12. The summed E-state index contributed by atoms with van der Waals surface area (Å²) in [5.41, 5.74) is 5.52. The molecule has 1 rings (SSSR count).